The topological polar surface area (TPSA) is 0 Å². The monoisotopic (exact) mass is 246 g/mol. The molecule has 2 aromatic carbocycles. The van der Waals surface area contributed by atoms with Gasteiger partial charge in [-0.15, -0.1) is 0 Å². The molecular weight excluding hydrogens is 232 g/mol. The molecule has 86 valence electrons. The summed E-state index contributed by atoms with van der Waals surface area (Å²) in [6.45, 7) is 0. The maximum atomic E-state index is 2.36. The van der Waals surface area contributed by atoms with Gasteiger partial charge in [0.05, 0.1) is 8.40 Å². The minimum atomic E-state index is -0.767. The molecule has 0 spiro atoms. The fraction of sp³-hybridized carbons (Fsp3) is 0. The van der Waals surface area contributed by atoms with Gasteiger partial charge in [0.25, 0.3) is 0 Å². The number of hydrogen-bond acceptors (Lipinski definition) is 0. The lowest BCUT2D eigenvalue weighted by atomic mass is 10.2. The summed E-state index contributed by atoms with van der Waals surface area (Å²) in [7, 11) is -0.767. The molecule has 0 aliphatic carbocycles. The van der Waals surface area contributed by atoms with Crippen molar-refractivity contribution in [2.75, 3.05) is 0 Å². The fourth-order valence-corrected chi connectivity index (χ4v) is 4.51. The van der Waals surface area contributed by atoms with Crippen LogP contribution >= 0.6 is 0 Å². The first-order chi connectivity index (χ1) is 8.95. The SMILES string of the molecule is c1ccc(-c2cccc[si]2-c2ccccc2)cc1. The van der Waals surface area contributed by atoms with Gasteiger partial charge in [0.15, 0.2) is 0 Å². The maximum absolute atomic E-state index is 2.36. The van der Waals surface area contributed by atoms with E-state index < -0.39 is 8.40 Å². The first-order valence-corrected chi connectivity index (χ1v) is 7.73. The molecule has 0 amide bonds. The fourth-order valence-electron chi connectivity index (χ4n) is 2.22. The Bertz CT molecular complexity index is 572. The largest absolute Gasteiger partial charge is 0.0808 e. The Hall–Kier alpha value is -1.99. The highest BCUT2D eigenvalue weighted by Gasteiger charge is 2.06. The molecule has 0 fully saturated rings. The van der Waals surface area contributed by atoms with Crippen LogP contribution in [0.25, 0.3) is 15.9 Å². The average Bonchev–Trinajstić information content (AvgIpc) is 2.49. The molecule has 0 bridgehead atoms. The predicted molar refractivity (Wildman–Crippen MR) is 79.2 cm³/mol. The van der Waals surface area contributed by atoms with E-state index in [1.807, 2.05) is 0 Å². The van der Waals surface area contributed by atoms with Crippen molar-refractivity contribution in [3.8, 4) is 15.9 Å². The van der Waals surface area contributed by atoms with Crippen LogP contribution < -0.4 is 0 Å². The molecule has 3 aromatic rings. The molecule has 1 heterocycles. The average molecular weight is 246 g/mol. The normalized spacial score (nSPS) is 10.2. The van der Waals surface area contributed by atoms with E-state index in [9.17, 15) is 0 Å². The first-order valence-electron chi connectivity index (χ1n) is 6.15. The molecule has 0 radical (unpaired) electrons. The molecule has 0 N–H and O–H groups in total. The third kappa shape index (κ3) is 2.18. The standard InChI is InChI=1S/C17H14Si/c1-3-9-15(10-4-1)17-13-7-8-14-18(17)16-11-5-2-6-12-16/h1-14H. The summed E-state index contributed by atoms with van der Waals surface area (Å²) in [5.41, 5.74) is 3.71. The van der Waals surface area contributed by atoms with Crippen LogP contribution in [0.3, 0.4) is 0 Å². The zero-order valence-corrected chi connectivity index (χ0v) is 11.1. The summed E-state index contributed by atoms with van der Waals surface area (Å²) in [6.07, 6.45) is 0. The van der Waals surface area contributed by atoms with E-state index in [4.69, 9.17) is 0 Å². The van der Waals surface area contributed by atoms with Crippen LogP contribution in [0.15, 0.2) is 84.5 Å². The van der Waals surface area contributed by atoms with Crippen molar-refractivity contribution in [3.05, 3.63) is 84.5 Å². The van der Waals surface area contributed by atoms with Crippen LogP contribution in [-0.2, 0) is 0 Å². The smallest absolute Gasteiger partial charge is 0.0731 e. The third-order valence-corrected chi connectivity index (χ3v) is 5.61. The Morgan fingerprint density at radius 3 is 1.89 bits per heavy atom. The molecule has 0 atom stereocenters. The zero-order chi connectivity index (χ0) is 12.2. The molecule has 0 saturated carbocycles. The quantitative estimate of drug-likeness (QED) is 0.589. The third-order valence-electron chi connectivity index (χ3n) is 3.10. The summed E-state index contributed by atoms with van der Waals surface area (Å²) in [5, 5.41) is 2.91. The molecule has 0 aliphatic heterocycles. The molecule has 0 unspecified atom stereocenters. The Labute approximate surface area is 109 Å². The van der Waals surface area contributed by atoms with E-state index in [2.05, 4.69) is 84.5 Å². The van der Waals surface area contributed by atoms with Crippen molar-refractivity contribution in [1.29, 1.82) is 0 Å². The molecule has 0 saturated heterocycles. The maximum Gasteiger partial charge on any atom is 0.0808 e. The van der Waals surface area contributed by atoms with Gasteiger partial charge in [0, 0.05) is 0 Å². The van der Waals surface area contributed by atoms with Gasteiger partial charge < -0.3 is 0 Å². The van der Waals surface area contributed by atoms with Gasteiger partial charge >= 0.3 is 0 Å². The second-order valence-electron chi connectivity index (χ2n) is 4.28. The van der Waals surface area contributed by atoms with Gasteiger partial charge in [0.2, 0.25) is 0 Å². The number of rotatable bonds is 2. The van der Waals surface area contributed by atoms with Gasteiger partial charge in [0.1, 0.15) is 0 Å². The summed E-state index contributed by atoms with van der Waals surface area (Å²) >= 11 is 0. The lowest BCUT2D eigenvalue weighted by Crippen LogP contribution is -2.00. The van der Waals surface area contributed by atoms with Crippen molar-refractivity contribution >= 4 is 8.40 Å². The molecule has 1 aromatic heterocycles. The Kier molecular flexibility index (Phi) is 3.16. The van der Waals surface area contributed by atoms with Crippen LogP contribution in [0, 0.1) is 0 Å². The van der Waals surface area contributed by atoms with E-state index in [1.165, 1.54) is 15.9 Å². The second-order valence-corrected chi connectivity index (χ2v) is 6.55. The van der Waals surface area contributed by atoms with Gasteiger partial charge in [-0.3, -0.25) is 0 Å². The van der Waals surface area contributed by atoms with Gasteiger partial charge in [-0.2, -0.15) is 0 Å². The predicted octanol–water partition coefficient (Wildman–Crippen LogP) is 4.37. The molecule has 18 heavy (non-hydrogen) atoms. The van der Waals surface area contributed by atoms with Crippen LogP contribution in [0.2, 0.25) is 0 Å². The number of hydrogen-bond donors (Lipinski definition) is 0. The van der Waals surface area contributed by atoms with Crippen LogP contribution in [0.4, 0.5) is 0 Å². The number of benzene rings is 2. The Balaban J connectivity index is 2.18. The first kappa shape index (κ1) is 11.1. The van der Waals surface area contributed by atoms with E-state index in [1.54, 1.807) is 0 Å². The molecule has 1 heteroatoms. The Morgan fingerprint density at radius 1 is 0.556 bits per heavy atom. The highest BCUT2D eigenvalue weighted by molar-refractivity contribution is 6.70. The highest BCUT2D eigenvalue weighted by Crippen LogP contribution is 2.21. The van der Waals surface area contributed by atoms with Gasteiger partial charge in [-0.05, 0) is 15.9 Å². The van der Waals surface area contributed by atoms with Crippen molar-refractivity contribution in [3.63, 3.8) is 0 Å². The van der Waals surface area contributed by atoms with Crippen molar-refractivity contribution in [2.24, 2.45) is 0 Å². The van der Waals surface area contributed by atoms with Crippen LogP contribution in [0.5, 0.6) is 0 Å². The minimum Gasteiger partial charge on any atom is -0.0731 e. The van der Waals surface area contributed by atoms with Crippen LogP contribution in [-0.4, -0.2) is 8.40 Å². The lowest BCUT2D eigenvalue weighted by Gasteiger charge is -2.08. The van der Waals surface area contributed by atoms with Gasteiger partial charge in [-0.25, -0.2) is 0 Å². The second kappa shape index (κ2) is 5.11. The highest BCUT2D eigenvalue weighted by atomic mass is 28.2. The van der Waals surface area contributed by atoms with Crippen molar-refractivity contribution < 1.29 is 0 Å². The molecule has 0 aliphatic rings. The van der Waals surface area contributed by atoms with E-state index in [0.29, 0.717) is 0 Å². The van der Waals surface area contributed by atoms with E-state index in [-0.39, 0.29) is 0 Å². The van der Waals surface area contributed by atoms with E-state index in [0.717, 1.165) is 0 Å². The Morgan fingerprint density at radius 2 is 1.17 bits per heavy atom. The lowest BCUT2D eigenvalue weighted by molar-refractivity contribution is 1.67. The molecular formula is C17H14Si. The van der Waals surface area contributed by atoms with E-state index >= 15 is 0 Å². The van der Waals surface area contributed by atoms with Gasteiger partial charge in [-0.1, -0.05) is 84.5 Å². The minimum absolute atomic E-state index is 0.767. The zero-order valence-electron chi connectivity index (χ0n) is 10.1. The van der Waals surface area contributed by atoms with Crippen molar-refractivity contribution in [2.45, 2.75) is 0 Å². The van der Waals surface area contributed by atoms with Crippen LogP contribution in [0.1, 0.15) is 0 Å². The molecule has 3 rings (SSSR count). The summed E-state index contributed by atoms with van der Waals surface area (Å²) < 4.78 is 0. The molecule has 0 nitrogen and oxygen atoms in total. The summed E-state index contributed by atoms with van der Waals surface area (Å²) in [4.78, 5) is 0. The van der Waals surface area contributed by atoms with Crippen molar-refractivity contribution in [1.82, 2.24) is 0 Å². The summed E-state index contributed by atoms with van der Waals surface area (Å²) in [6, 6.07) is 28.1. The summed E-state index contributed by atoms with van der Waals surface area (Å²) in [5.74, 6) is 0.